The van der Waals surface area contributed by atoms with Crippen molar-refractivity contribution in [2.75, 3.05) is 33.8 Å². The van der Waals surface area contributed by atoms with Gasteiger partial charge in [0, 0.05) is 5.56 Å². The summed E-state index contributed by atoms with van der Waals surface area (Å²) in [4.78, 5) is 27.1. The fraction of sp³-hybridized carbons (Fsp3) is 0.138. The predicted molar refractivity (Wildman–Crippen MR) is 149 cm³/mol. The maximum Gasteiger partial charge on any atom is 0.273 e. The summed E-state index contributed by atoms with van der Waals surface area (Å²) >= 11 is 1.02. The zero-order valence-electron chi connectivity index (χ0n) is 21.7. The van der Waals surface area contributed by atoms with Gasteiger partial charge in [-0.25, -0.2) is 0 Å². The van der Waals surface area contributed by atoms with E-state index < -0.39 is 11.5 Å². The SMILES string of the molecule is COc1ccccc1NC(=O)C(C#N)=c1sc(=Cc2ccc(OC)c(OC)c2OC)c(=O)n1-c1ccccc1. The first kappa shape index (κ1) is 27.0. The van der Waals surface area contributed by atoms with Crippen LogP contribution in [-0.4, -0.2) is 38.9 Å². The molecule has 1 amide bonds. The Morgan fingerprint density at radius 2 is 1.54 bits per heavy atom. The summed E-state index contributed by atoms with van der Waals surface area (Å²) in [6.07, 6.45) is 1.63. The van der Waals surface area contributed by atoms with Crippen molar-refractivity contribution in [2.24, 2.45) is 0 Å². The van der Waals surface area contributed by atoms with Gasteiger partial charge in [0.05, 0.1) is 44.3 Å². The standard InChI is InChI=1S/C29H25N3O6S/c1-35-22-13-9-8-12-21(22)31-27(33)20(17-30)29-32(19-10-6-5-7-11-19)28(34)24(39-29)16-18-14-15-23(36-2)26(38-4)25(18)37-3/h5-16H,1-4H3,(H,31,33). The number of nitrogens with one attached hydrogen (secondary N) is 1. The van der Waals surface area contributed by atoms with E-state index in [0.717, 1.165) is 11.3 Å². The highest BCUT2D eigenvalue weighted by atomic mass is 32.1. The van der Waals surface area contributed by atoms with Crippen LogP contribution in [0, 0.1) is 11.3 Å². The highest BCUT2D eigenvalue weighted by Gasteiger charge is 2.19. The van der Waals surface area contributed by atoms with Crippen molar-refractivity contribution >= 4 is 34.6 Å². The molecular formula is C29H25N3O6S. The highest BCUT2D eigenvalue weighted by Crippen LogP contribution is 2.40. The molecule has 0 unspecified atom stereocenters. The van der Waals surface area contributed by atoms with Gasteiger partial charge in [-0.1, -0.05) is 30.3 Å². The smallest absolute Gasteiger partial charge is 0.273 e. The van der Waals surface area contributed by atoms with Crippen molar-refractivity contribution in [3.8, 4) is 34.8 Å². The first-order valence-corrected chi connectivity index (χ1v) is 12.5. The summed E-state index contributed by atoms with van der Waals surface area (Å²) in [7, 11) is 5.97. The fourth-order valence-electron chi connectivity index (χ4n) is 3.97. The summed E-state index contributed by atoms with van der Waals surface area (Å²) in [5.41, 5.74) is 0.814. The van der Waals surface area contributed by atoms with Crippen LogP contribution < -0.4 is 39.0 Å². The van der Waals surface area contributed by atoms with E-state index in [9.17, 15) is 14.9 Å². The minimum atomic E-state index is -0.678. The minimum Gasteiger partial charge on any atom is -0.495 e. The molecule has 4 aromatic rings. The van der Waals surface area contributed by atoms with Gasteiger partial charge in [-0.05, 0) is 42.5 Å². The van der Waals surface area contributed by atoms with Gasteiger partial charge in [0.2, 0.25) is 5.75 Å². The molecule has 0 aliphatic rings. The zero-order chi connectivity index (χ0) is 27.9. The van der Waals surface area contributed by atoms with E-state index in [4.69, 9.17) is 18.9 Å². The molecular weight excluding hydrogens is 518 g/mol. The van der Waals surface area contributed by atoms with Crippen LogP contribution in [0.25, 0.3) is 17.3 Å². The molecule has 4 rings (SSSR count). The molecule has 0 fully saturated rings. The Hall–Kier alpha value is -5.01. The molecule has 0 saturated carbocycles. The second kappa shape index (κ2) is 12.0. The lowest BCUT2D eigenvalue weighted by Gasteiger charge is -2.13. The Labute approximate surface area is 228 Å². The maximum absolute atomic E-state index is 13.7. The number of rotatable bonds is 8. The van der Waals surface area contributed by atoms with Crippen LogP contribution in [0.3, 0.4) is 0 Å². The maximum atomic E-state index is 13.7. The molecule has 9 nitrogen and oxygen atoms in total. The molecule has 0 aliphatic heterocycles. The van der Waals surface area contributed by atoms with E-state index in [1.807, 2.05) is 12.1 Å². The lowest BCUT2D eigenvalue weighted by molar-refractivity contribution is -0.111. The molecule has 39 heavy (non-hydrogen) atoms. The van der Waals surface area contributed by atoms with Crippen LogP contribution in [0.5, 0.6) is 23.0 Å². The Morgan fingerprint density at radius 1 is 0.872 bits per heavy atom. The number of thiazole rings is 1. The van der Waals surface area contributed by atoms with Gasteiger partial charge in [0.1, 0.15) is 16.5 Å². The van der Waals surface area contributed by atoms with Crippen LogP contribution in [-0.2, 0) is 4.79 Å². The van der Waals surface area contributed by atoms with Gasteiger partial charge < -0.3 is 24.3 Å². The summed E-state index contributed by atoms with van der Waals surface area (Å²) in [6, 6.07) is 21.1. The number of carbonyl (C=O) groups is 1. The van der Waals surface area contributed by atoms with Gasteiger partial charge in [-0.15, -0.1) is 11.3 Å². The van der Waals surface area contributed by atoms with Crippen LogP contribution in [0.4, 0.5) is 5.69 Å². The van der Waals surface area contributed by atoms with E-state index >= 15 is 0 Å². The normalized spacial score (nSPS) is 11.8. The Bertz CT molecular complexity index is 1740. The molecule has 0 bridgehead atoms. The van der Waals surface area contributed by atoms with E-state index in [1.165, 1.54) is 33.0 Å². The molecule has 1 aromatic heterocycles. The Kier molecular flexibility index (Phi) is 8.33. The number of benzene rings is 3. The number of anilines is 1. The summed E-state index contributed by atoms with van der Waals surface area (Å²) < 4.78 is 23.5. The van der Waals surface area contributed by atoms with E-state index in [-0.39, 0.29) is 14.8 Å². The van der Waals surface area contributed by atoms with Gasteiger partial charge in [0.25, 0.3) is 11.5 Å². The average molecular weight is 544 g/mol. The van der Waals surface area contributed by atoms with E-state index in [1.54, 1.807) is 66.7 Å². The number of nitrogens with zero attached hydrogens (tertiary/aromatic N) is 2. The van der Waals surface area contributed by atoms with Crippen molar-refractivity contribution in [2.45, 2.75) is 0 Å². The number of aromatic nitrogens is 1. The van der Waals surface area contributed by atoms with Gasteiger partial charge in [-0.2, -0.15) is 5.26 Å². The van der Waals surface area contributed by atoms with Crippen molar-refractivity contribution in [1.82, 2.24) is 4.57 Å². The average Bonchev–Trinajstić information content (AvgIpc) is 3.28. The molecule has 1 N–H and O–H groups in total. The van der Waals surface area contributed by atoms with E-state index in [0.29, 0.717) is 39.9 Å². The highest BCUT2D eigenvalue weighted by molar-refractivity contribution is 7.07. The number of ether oxygens (including phenoxy) is 4. The third-order valence-electron chi connectivity index (χ3n) is 5.77. The summed E-state index contributed by atoms with van der Waals surface area (Å²) in [6.45, 7) is 0. The topological polar surface area (TPSA) is 112 Å². The molecule has 3 aromatic carbocycles. The number of hydrogen-bond acceptors (Lipinski definition) is 8. The number of carbonyl (C=O) groups excluding carboxylic acids is 1. The molecule has 10 heteroatoms. The van der Waals surface area contributed by atoms with Crippen LogP contribution in [0.2, 0.25) is 0 Å². The number of nitriles is 1. The van der Waals surface area contributed by atoms with Gasteiger partial charge in [-0.3, -0.25) is 14.2 Å². The molecule has 0 spiro atoms. The second-order valence-corrected chi connectivity index (χ2v) is 8.99. The van der Waals surface area contributed by atoms with Crippen LogP contribution in [0.15, 0.2) is 71.5 Å². The predicted octanol–water partition coefficient (Wildman–Crippen LogP) is 3.08. The lowest BCUT2D eigenvalue weighted by Crippen LogP contribution is -2.32. The largest absolute Gasteiger partial charge is 0.495 e. The van der Waals surface area contributed by atoms with Crippen LogP contribution >= 0.6 is 11.3 Å². The molecule has 0 saturated heterocycles. The quantitative estimate of drug-likeness (QED) is 0.364. The van der Waals surface area contributed by atoms with Crippen molar-refractivity contribution < 1.29 is 23.7 Å². The van der Waals surface area contributed by atoms with Crippen molar-refractivity contribution in [3.63, 3.8) is 0 Å². The summed E-state index contributed by atoms with van der Waals surface area (Å²) in [5.74, 6) is 0.964. The van der Waals surface area contributed by atoms with Crippen LogP contribution in [0.1, 0.15) is 5.56 Å². The Morgan fingerprint density at radius 3 is 2.18 bits per heavy atom. The molecule has 0 radical (unpaired) electrons. The van der Waals surface area contributed by atoms with Crippen molar-refractivity contribution in [3.05, 3.63) is 91.8 Å². The molecule has 1 heterocycles. The monoisotopic (exact) mass is 543 g/mol. The molecule has 0 aliphatic carbocycles. The fourth-order valence-corrected chi connectivity index (χ4v) is 5.06. The second-order valence-electron chi connectivity index (χ2n) is 7.96. The summed E-state index contributed by atoms with van der Waals surface area (Å²) in [5, 5.41) is 12.8. The molecule has 0 atom stereocenters. The third kappa shape index (κ3) is 5.35. The number of hydrogen-bond donors (Lipinski definition) is 1. The molecule has 198 valence electrons. The number of amides is 1. The van der Waals surface area contributed by atoms with Gasteiger partial charge in [0.15, 0.2) is 17.1 Å². The zero-order valence-corrected chi connectivity index (χ0v) is 22.5. The van der Waals surface area contributed by atoms with Crippen molar-refractivity contribution in [1.29, 1.82) is 5.26 Å². The Balaban J connectivity index is 1.99. The van der Waals surface area contributed by atoms with Gasteiger partial charge >= 0.3 is 0 Å². The lowest BCUT2D eigenvalue weighted by atomic mass is 10.1. The number of methoxy groups -OCH3 is 4. The minimum absolute atomic E-state index is 0.173. The first-order valence-electron chi connectivity index (χ1n) is 11.6. The third-order valence-corrected chi connectivity index (χ3v) is 6.86. The van der Waals surface area contributed by atoms with E-state index in [2.05, 4.69) is 5.32 Å². The number of para-hydroxylation sites is 3. The first-order chi connectivity index (χ1) is 19.0.